The van der Waals surface area contributed by atoms with E-state index in [1.807, 2.05) is 6.92 Å². The molecule has 0 saturated heterocycles. The zero-order valence-corrected chi connectivity index (χ0v) is 11.8. The zero-order chi connectivity index (χ0) is 13.9. The second-order valence-corrected chi connectivity index (χ2v) is 5.18. The fourth-order valence-corrected chi connectivity index (χ4v) is 2.41. The molecular weight excluding hydrogens is 254 g/mol. The number of benzene rings is 1. The van der Waals surface area contributed by atoms with Crippen LogP contribution in [-0.4, -0.2) is 29.9 Å². The van der Waals surface area contributed by atoms with Gasteiger partial charge in [-0.25, -0.2) is 0 Å². The second-order valence-electron chi connectivity index (χ2n) is 5.18. The summed E-state index contributed by atoms with van der Waals surface area (Å²) in [5.41, 5.74) is 3.70. The van der Waals surface area contributed by atoms with Crippen molar-refractivity contribution in [1.29, 1.82) is 0 Å². The molecule has 0 saturated carbocycles. The maximum absolute atomic E-state index is 5.35. The Labute approximate surface area is 118 Å². The van der Waals surface area contributed by atoms with Crippen LogP contribution in [0.4, 0.5) is 0 Å². The first-order valence-electron chi connectivity index (χ1n) is 6.94. The molecule has 2 heterocycles. The highest BCUT2D eigenvalue weighted by Gasteiger charge is 2.14. The SMILES string of the molecule is COC(C)Cc1noc(-c2ccc3c(c2)CNCC3)n1. The molecule has 0 radical (unpaired) electrons. The highest BCUT2D eigenvalue weighted by molar-refractivity contribution is 5.56. The fraction of sp³-hybridized carbons (Fsp3) is 0.467. The Morgan fingerprint density at radius 1 is 1.40 bits per heavy atom. The molecule has 0 amide bonds. The van der Waals surface area contributed by atoms with E-state index in [9.17, 15) is 0 Å². The minimum atomic E-state index is 0.0909. The van der Waals surface area contributed by atoms with Crippen molar-refractivity contribution in [3.63, 3.8) is 0 Å². The zero-order valence-electron chi connectivity index (χ0n) is 11.8. The molecule has 1 N–H and O–H groups in total. The first kappa shape index (κ1) is 13.3. The highest BCUT2D eigenvalue weighted by atomic mass is 16.5. The van der Waals surface area contributed by atoms with Crippen molar-refractivity contribution in [2.75, 3.05) is 13.7 Å². The number of rotatable bonds is 4. The van der Waals surface area contributed by atoms with Crippen LogP contribution in [-0.2, 0) is 24.1 Å². The molecular formula is C15H19N3O2. The first-order chi connectivity index (χ1) is 9.76. The van der Waals surface area contributed by atoms with Gasteiger partial charge in [0.05, 0.1) is 6.10 Å². The highest BCUT2D eigenvalue weighted by Crippen LogP contribution is 2.23. The molecule has 5 heteroatoms. The lowest BCUT2D eigenvalue weighted by Crippen LogP contribution is -2.23. The third kappa shape index (κ3) is 2.73. The molecule has 1 unspecified atom stereocenters. The molecule has 1 aliphatic rings. The van der Waals surface area contributed by atoms with E-state index in [2.05, 4.69) is 33.7 Å². The topological polar surface area (TPSA) is 60.2 Å². The van der Waals surface area contributed by atoms with E-state index < -0.39 is 0 Å². The van der Waals surface area contributed by atoms with Gasteiger partial charge >= 0.3 is 0 Å². The molecule has 3 rings (SSSR count). The summed E-state index contributed by atoms with van der Waals surface area (Å²) in [7, 11) is 1.68. The summed E-state index contributed by atoms with van der Waals surface area (Å²) < 4.78 is 10.6. The Balaban J connectivity index is 1.82. The van der Waals surface area contributed by atoms with Crippen LogP contribution in [0.2, 0.25) is 0 Å². The average Bonchev–Trinajstić information content (AvgIpc) is 2.95. The van der Waals surface area contributed by atoms with E-state index in [0.29, 0.717) is 18.1 Å². The van der Waals surface area contributed by atoms with Gasteiger partial charge in [-0.1, -0.05) is 11.2 Å². The molecule has 1 aromatic carbocycles. The molecule has 0 fully saturated rings. The van der Waals surface area contributed by atoms with Crippen LogP contribution < -0.4 is 5.32 Å². The van der Waals surface area contributed by atoms with Crippen LogP contribution in [0.3, 0.4) is 0 Å². The third-order valence-electron chi connectivity index (χ3n) is 3.68. The fourth-order valence-electron chi connectivity index (χ4n) is 2.41. The largest absolute Gasteiger partial charge is 0.381 e. The summed E-state index contributed by atoms with van der Waals surface area (Å²) in [6.07, 6.45) is 1.83. The van der Waals surface area contributed by atoms with Gasteiger partial charge in [-0.05, 0) is 43.1 Å². The lowest BCUT2D eigenvalue weighted by Gasteiger charge is -2.17. The van der Waals surface area contributed by atoms with E-state index in [1.165, 1.54) is 11.1 Å². The molecule has 5 nitrogen and oxygen atoms in total. The number of nitrogens with zero attached hydrogens (tertiary/aromatic N) is 2. The summed E-state index contributed by atoms with van der Waals surface area (Å²) in [5.74, 6) is 1.27. The normalized spacial score (nSPS) is 15.9. The number of ether oxygens (including phenoxy) is 1. The summed E-state index contributed by atoms with van der Waals surface area (Å²) in [5, 5.41) is 7.39. The Bertz CT molecular complexity index is 595. The van der Waals surface area contributed by atoms with Crippen LogP contribution in [0, 0.1) is 0 Å². The van der Waals surface area contributed by atoms with Gasteiger partial charge < -0.3 is 14.6 Å². The summed E-state index contributed by atoms with van der Waals surface area (Å²) in [6, 6.07) is 6.35. The van der Waals surface area contributed by atoms with Gasteiger partial charge in [0.2, 0.25) is 0 Å². The van der Waals surface area contributed by atoms with Crippen molar-refractivity contribution in [3.8, 4) is 11.5 Å². The van der Waals surface area contributed by atoms with Crippen LogP contribution in [0.1, 0.15) is 23.9 Å². The molecule has 2 aromatic rings. The van der Waals surface area contributed by atoms with Crippen molar-refractivity contribution < 1.29 is 9.26 Å². The number of nitrogens with one attached hydrogen (secondary N) is 1. The number of hydrogen-bond acceptors (Lipinski definition) is 5. The lowest BCUT2D eigenvalue weighted by molar-refractivity contribution is 0.116. The number of aromatic nitrogens is 2. The molecule has 1 aromatic heterocycles. The smallest absolute Gasteiger partial charge is 0.257 e. The van der Waals surface area contributed by atoms with Gasteiger partial charge in [-0.3, -0.25) is 0 Å². The van der Waals surface area contributed by atoms with E-state index in [4.69, 9.17) is 9.26 Å². The van der Waals surface area contributed by atoms with Crippen molar-refractivity contribution in [2.45, 2.75) is 32.4 Å². The van der Waals surface area contributed by atoms with Gasteiger partial charge in [-0.2, -0.15) is 4.98 Å². The number of hydrogen-bond donors (Lipinski definition) is 1. The van der Waals surface area contributed by atoms with Crippen LogP contribution in [0.5, 0.6) is 0 Å². The number of fused-ring (bicyclic) bond motifs is 1. The molecule has 1 atom stereocenters. The van der Waals surface area contributed by atoms with Gasteiger partial charge in [0.15, 0.2) is 5.82 Å². The van der Waals surface area contributed by atoms with Crippen LogP contribution in [0.25, 0.3) is 11.5 Å². The quantitative estimate of drug-likeness (QED) is 0.922. The van der Waals surface area contributed by atoms with E-state index in [0.717, 1.165) is 25.1 Å². The maximum atomic E-state index is 5.35. The lowest BCUT2D eigenvalue weighted by atomic mass is 9.98. The second kappa shape index (κ2) is 5.73. The van der Waals surface area contributed by atoms with Crippen molar-refractivity contribution in [2.24, 2.45) is 0 Å². The monoisotopic (exact) mass is 273 g/mol. The van der Waals surface area contributed by atoms with Gasteiger partial charge in [0.25, 0.3) is 5.89 Å². The van der Waals surface area contributed by atoms with Crippen molar-refractivity contribution >= 4 is 0 Å². The van der Waals surface area contributed by atoms with E-state index >= 15 is 0 Å². The minimum Gasteiger partial charge on any atom is -0.381 e. The Kier molecular flexibility index (Phi) is 3.80. The van der Waals surface area contributed by atoms with Crippen LogP contribution in [0.15, 0.2) is 22.7 Å². The maximum Gasteiger partial charge on any atom is 0.257 e. The van der Waals surface area contributed by atoms with E-state index in [1.54, 1.807) is 7.11 Å². The summed E-state index contributed by atoms with van der Waals surface area (Å²) in [6.45, 7) is 3.94. The number of methoxy groups -OCH3 is 1. The summed E-state index contributed by atoms with van der Waals surface area (Å²) in [4.78, 5) is 4.44. The van der Waals surface area contributed by atoms with Crippen molar-refractivity contribution in [3.05, 3.63) is 35.2 Å². The predicted octanol–water partition coefficient (Wildman–Crippen LogP) is 1.96. The third-order valence-corrected chi connectivity index (χ3v) is 3.68. The Morgan fingerprint density at radius 3 is 3.15 bits per heavy atom. The molecule has 0 spiro atoms. The molecule has 0 bridgehead atoms. The molecule has 106 valence electrons. The van der Waals surface area contributed by atoms with Crippen LogP contribution >= 0.6 is 0 Å². The minimum absolute atomic E-state index is 0.0909. The molecule has 20 heavy (non-hydrogen) atoms. The van der Waals surface area contributed by atoms with Gasteiger partial charge in [0, 0.05) is 25.6 Å². The van der Waals surface area contributed by atoms with E-state index in [-0.39, 0.29) is 6.10 Å². The standard InChI is InChI=1S/C15H19N3O2/c1-10(19-2)7-14-17-15(20-18-14)12-4-3-11-5-6-16-9-13(11)8-12/h3-4,8,10,16H,5-7,9H2,1-2H3. The predicted molar refractivity (Wildman–Crippen MR) is 75.3 cm³/mol. The molecule has 1 aliphatic heterocycles. The summed E-state index contributed by atoms with van der Waals surface area (Å²) >= 11 is 0. The molecule has 0 aliphatic carbocycles. The Morgan fingerprint density at radius 2 is 2.30 bits per heavy atom. The first-order valence-corrected chi connectivity index (χ1v) is 6.94. The average molecular weight is 273 g/mol. The van der Waals surface area contributed by atoms with Crippen molar-refractivity contribution in [1.82, 2.24) is 15.5 Å². The van der Waals surface area contributed by atoms with Gasteiger partial charge in [0.1, 0.15) is 0 Å². The van der Waals surface area contributed by atoms with Gasteiger partial charge in [-0.15, -0.1) is 0 Å². The Hall–Kier alpha value is -1.72.